The molecular weight excluding hydrogens is 302 g/mol. The van der Waals surface area contributed by atoms with E-state index in [-0.39, 0.29) is 28.0 Å². The van der Waals surface area contributed by atoms with Gasteiger partial charge in [-0.3, -0.25) is 15.1 Å². The second-order valence-electron chi connectivity index (χ2n) is 3.71. The number of nitro benzene ring substituents is 1. The maximum absolute atomic E-state index is 11.3. The number of nitrogens with zero attached hydrogens (tertiary/aromatic N) is 3. The second kappa shape index (κ2) is 6.14. The van der Waals surface area contributed by atoms with Crippen LogP contribution in [0.1, 0.15) is 10.5 Å². The molecule has 2 aromatic rings. The van der Waals surface area contributed by atoms with Crippen molar-refractivity contribution in [1.29, 1.82) is 0 Å². The fraction of sp³-hybridized carbons (Fsp3) is 0.0833. The lowest BCUT2D eigenvalue weighted by Crippen LogP contribution is -2.05. The number of rotatable bonds is 4. The summed E-state index contributed by atoms with van der Waals surface area (Å²) in [6.45, 7) is 0. The topological polar surface area (TPSA) is 104 Å². The summed E-state index contributed by atoms with van der Waals surface area (Å²) in [4.78, 5) is 29.0. The first kappa shape index (κ1) is 14.7. The molecule has 0 aliphatic carbocycles. The number of nitro groups is 1. The van der Waals surface area contributed by atoms with Gasteiger partial charge in [0.05, 0.1) is 24.4 Å². The van der Waals surface area contributed by atoms with Gasteiger partial charge in [-0.15, -0.1) is 0 Å². The predicted octanol–water partition coefficient (Wildman–Crippen LogP) is 2.62. The van der Waals surface area contributed by atoms with Gasteiger partial charge in [-0.25, -0.2) is 9.78 Å². The molecule has 0 bridgehead atoms. The molecule has 0 saturated carbocycles. The largest absolute Gasteiger partial charge is 0.464 e. The highest BCUT2D eigenvalue weighted by Crippen LogP contribution is 2.30. The molecule has 1 aromatic carbocycles. The number of ether oxygens (including phenoxy) is 2. The van der Waals surface area contributed by atoms with Gasteiger partial charge in [-0.2, -0.15) is 0 Å². The first-order valence-corrected chi connectivity index (χ1v) is 5.91. The zero-order chi connectivity index (χ0) is 15.4. The fourth-order valence-corrected chi connectivity index (χ4v) is 1.66. The molecule has 0 aliphatic rings. The first-order valence-electron chi connectivity index (χ1n) is 5.53. The van der Waals surface area contributed by atoms with Gasteiger partial charge in [0.1, 0.15) is 10.8 Å². The molecule has 0 spiro atoms. The van der Waals surface area contributed by atoms with Crippen LogP contribution in [-0.2, 0) is 4.74 Å². The Kier molecular flexibility index (Phi) is 4.29. The summed E-state index contributed by atoms with van der Waals surface area (Å²) in [5.74, 6) is -0.403. The zero-order valence-corrected chi connectivity index (χ0v) is 11.4. The van der Waals surface area contributed by atoms with Crippen LogP contribution in [0.2, 0.25) is 5.02 Å². The van der Waals surface area contributed by atoms with Gasteiger partial charge in [0.2, 0.25) is 5.88 Å². The summed E-state index contributed by atoms with van der Waals surface area (Å²) < 4.78 is 9.85. The van der Waals surface area contributed by atoms with E-state index in [0.29, 0.717) is 0 Å². The van der Waals surface area contributed by atoms with E-state index in [1.54, 1.807) is 0 Å². The van der Waals surface area contributed by atoms with Crippen LogP contribution in [0, 0.1) is 10.1 Å². The molecule has 21 heavy (non-hydrogen) atoms. The molecule has 0 amide bonds. The smallest absolute Gasteiger partial charge is 0.358 e. The third-order valence-electron chi connectivity index (χ3n) is 2.35. The molecule has 9 heteroatoms. The molecule has 0 fully saturated rings. The Morgan fingerprint density at radius 3 is 2.76 bits per heavy atom. The minimum absolute atomic E-state index is 0.0250. The molecule has 0 unspecified atom stereocenters. The van der Waals surface area contributed by atoms with Gasteiger partial charge in [0.15, 0.2) is 5.69 Å². The zero-order valence-electron chi connectivity index (χ0n) is 10.6. The van der Waals surface area contributed by atoms with Gasteiger partial charge in [0, 0.05) is 12.1 Å². The molecular formula is C12H8ClN3O5. The number of carbonyl (C=O) groups is 1. The maximum Gasteiger partial charge on any atom is 0.358 e. The van der Waals surface area contributed by atoms with E-state index in [2.05, 4.69) is 14.7 Å². The molecule has 1 aromatic heterocycles. The minimum Gasteiger partial charge on any atom is -0.464 e. The van der Waals surface area contributed by atoms with Gasteiger partial charge < -0.3 is 9.47 Å². The SMILES string of the molecule is COC(=O)c1cncc(Oc2ccc([N+](=O)[O-])c(Cl)c2)n1. The van der Waals surface area contributed by atoms with E-state index >= 15 is 0 Å². The third-order valence-corrected chi connectivity index (χ3v) is 2.65. The van der Waals surface area contributed by atoms with Crippen molar-refractivity contribution in [2.75, 3.05) is 7.11 Å². The van der Waals surface area contributed by atoms with Crippen molar-refractivity contribution < 1.29 is 19.2 Å². The average molecular weight is 310 g/mol. The maximum atomic E-state index is 11.3. The van der Waals surface area contributed by atoms with E-state index < -0.39 is 10.9 Å². The predicted molar refractivity (Wildman–Crippen MR) is 71.6 cm³/mol. The number of aromatic nitrogens is 2. The summed E-state index contributed by atoms with van der Waals surface area (Å²) >= 11 is 5.76. The Morgan fingerprint density at radius 2 is 2.14 bits per heavy atom. The van der Waals surface area contributed by atoms with Gasteiger partial charge in [-0.05, 0) is 6.07 Å². The second-order valence-corrected chi connectivity index (χ2v) is 4.11. The van der Waals surface area contributed by atoms with Crippen molar-refractivity contribution in [3.05, 3.63) is 51.4 Å². The van der Waals surface area contributed by atoms with Gasteiger partial charge in [0.25, 0.3) is 5.69 Å². The van der Waals surface area contributed by atoms with Crippen molar-refractivity contribution in [2.24, 2.45) is 0 Å². The summed E-state index contributed by atoms with van der Waals surface area (Å²) in [5, 5.41) is 10.6. The number of carbonyl (C=O) groups excluding carboxylic acids is 1. The summed E-state index contributed by atoms with van der Waals surface area (Å²) in [7, 11) is 1.22. The molecule has 1 heterocycles. The summed E-state index contributed by atoms with van der Waals surface area (Å²) in [6, 6.07) is 3.83. The van der Waals surface area contributed by atoms with Crippen LogP contribution in [0.25, 0.3) is 0 Å². The van der Waals surface area contributed by atoms with E-state index in [0.717, 1.165) is 0 Å². The Morgan fingerprint density at radius 1 is 1.38 bits per heavy atom. The minimum atomic E-state index is -0.658. The van der Waals surface area contributed by atoms with Crippen LogP contribution in [0.15, 0.2) is 30.6 Å². The molecule has 8 nitrogen and oxygen atoms in total. The van der Waals surface area contributed by atoms with Crippen molar-refractivity contribution in [2.45, 2.75) is 0 Å². The Labute approximate surface area is 123 Å². The lowest BCUT2D eigenvalue weighted by atomic mass is 10.3. The average Bonchev–Trinajstić information content (AvgIpc) is 2.46. The monoisotopic (exact) mass is 309 g/mol. The van der Waals surface area contributed by atoms with Crippen LogP contribution in [0.5, 0.6) is 11.6 Å². The fourth-order valence-electron chi connectivity index (χ4n) is 1.42. The molecule has 0 aliphatic heterocycles. The highest BCUT2D eigenvalue weighted by molar-refractivity contribution is 6.32. The Bertz CT molecular complexity index is 707. The molecule has 0 atom stereocenters. The van der Waals surface area contributed by atoms with E-state index in [1.165, 1.54) is 37.7 Å². The standard InChI is InChI=1S/C12H8ClN3O5/c1-20-12(17)9-5-14-6-11(15-9)21-7-2-3-10(16(18)19)8(13)4-7/h2-6H,1H3. The van der Waals surface area contributed by atoms with Crippen LogP contribution >= 0.6 is 11.6 Å². The third kappa shape index (κ3) is 3.42. The van der Waals surface area contributed by atoms with Crippen LogP contribution < -0.4 is 4.74 Å². The summed E-state index contributed by atoms with van der Waals surface area (Å²) in [6.07, 6.45) is 2.50. The molecule has 0 radical (unpaired) electrons. The normalized spacial score (nSPS) is 10.0. The van der Waals surface area contributed by atoms with Gasteiger partial charge >= 0.3 is 5.97 Å². The Balaban J connectivity index is 2.24. The van der Waals surface area contributed by atoms with E-state index in [1.807, 2.05) is 0 Å². The number of hydrogen-bond acceptors (Lipinski definition) is 7. The van der Waals surface area contributed by atoms with Crippen molar-refractivity contribution >= 4 is 23.3 Å². The highest BCUT2D eigenvalue weighted by Gasteiger charge is 2.14. The van der Waals surface area contributed by atoms with Crippen molar-refractivity contribution in [3.8, 4) is 11.6 Å². The Hall–Kier alpha value is -2.74. The number of methoxy groups -OCH3 is 1. The molecule has 0 saturated heterocycles. The van der Waals surface area contributed by atoms with Crippen LogP contribution in [0.4, 0.5) is 5.69 Å². The highest BCUT2D eigenvalue weighted by atomic mass is 35.5. The van der Waals surface area contributed by atoms with Gasteiger partial charge in [-0.1, -0.05) is 11.6 Å². The first-order chi connectivity index (χ1) is 10.0. The lowest BCUT2D eigenvalue weighted by molar-refractivity contribution is -0.384. The molecule has 108 valence electrons. The molecule has 2 rings (SSSR count). The van der Waals surface area contributed by atoms with E-state index in [4.69, 9.17) is 16.3 Å². The number of esters is 1. The summed E-state index contributed by atoms with van der Waals surface area (Å²) in [5.41, 5.74) is -0.263. The quantitative estimate of drug-likeness (QED) is 0.485. The van der Waals surface area contributed by atoms with Crippen molar-refractivity contribution in [3.63, 3.8) is 0 Å². The van der Waals surface area contributed by atoms with Crippen molar-refractivity contribution in [1.82, 2.24) is 9.97 Å². The lowest BCUT2D eigenvalue weighted by Gasteiger charge is -2.05. The van der Waals surface area contributed by atoms with Crippen LogP contribution in [-0.4, -0.2) is 28.0 Å². The van der Waals surface area contributed by atoms with E-state index in [9.17, 15) is 14.9 Å². The number of halogens is 1. The number of hydrogen-bond donors (Lipinski definition) is 0. The molecule has 0 N–H and O–H groups in total. The van der Waals surface area contributed by atoms with Crippen LogP contribution in [0.3, 0.4) is 0 Å². The number of benzene rings is 1.